The largest absolute Gasteiger partial charge is 0.350 e. The molecule has 0 saturated heterocycles. The van der Waals surface area contributed by atoms with Crippen LogP contribution < -0.4 is 11.1 Å². The summed E-state index contributed by atoms with van der Waals surface area (Å²) >= 11 is 0. The van der Waals surface area contributed by atoms with E-state index in [9.17, 15) is 9.59 Å². The zero-order chi connectivity index (χ0) is 18.2. The molecule has 142 valence electrons. The van der Waals surface area contributed by atoms with Gasteiger partial charge in [0.05, 0.1) is 0 Å². The van der Waals surface area contributed by atoms with Crippen LogP contribution in [0.4, 0.5) is 0 Å². The third-order valence-electron chi connectivity index (χ3n) is 4.02. The highest BCUT2D eigenvalue weighted by atomic mass is 35.5. The first kappa shape index (κ1) is 23.4. The van der Waals surface area contributed by atoms with E-state index in [-0.39, 0.29) is 30.6 Å². The number of halogens is 1. The Labute approximate surface area is 157 Å². The van der Waals surface area contributed by atoms with Gasteiger partial charge in [-0.1, -0.05) is 44.2 Å². The second kappa shape index (κ2) is 11.1. The third-order valence-corrected chi connectivity index (χ3v) is 4.02. The van der Waals surface area contributed by atoms with Gasteiger partial charge >= 0.3 is 0 Å². The fourth-order valence-electron chi connectivity index (χ4n) is 2.87. The Kier molecular flexibility index (Phi) is 10.4. The molecule has 1 rings (SSSR count). The number of carbonyl (C=O) groups excluding carboxylic acids is 2. The van der Waals surface area contributed by atoms with Gasteiger partial charge in [-0.25, -0.2) is 0 Å². The maximum atomic E-state index is 12.3. The van der Waals surface area contributed by atoms with Crippen molar-refractivity contribution >= 4 is 24.2 Å². The topological polar surface area (TPSA) is 75.4 Å². The number of rotatable bonds is 9. The standard InChI is InChI=1S/C19H31N3O2.ClH/c1-15(2)12-19(4,14-20)21-18(24)10-11-22(16(3)23)13-17-8-6-5-7-9-17;/h5-9,15H,10-14,20H2,1-4H3,(H,21,24);1H. The average Bonchev–Trinajstić information content (AvgIpc) is 2.51. The number of nitrogens with two attached hydrogens (primary N) is 1. The van der Waals surface area contributed by atoms with Crippen molar-refractivity contribution in [2.75, 3.05) is 13.1 Å². The fourth-order valence-corrected chi connectivity index (χ4v) is 2.87. The summed E-state index contributed by atoms with van der Waals surface area (Å²) in [7, 11) is 0. The van der Waals surface area contributed by atoms with Crippen LogP contribution in [0.15, 0.2) is 30.3 Å². The molecule has 1 unspecified atom stereocenters. The molecule has 0 aliphatic heterocycles. The van der Waals surface area contributed by atoms with Crippen LogP contribution in [0.3, 0.4) is 0 Å². The minimum atomic E-state index is -0.397. The second-order valence-electron chi connectivity index (χ2n) is 7.09. The van der Waals surface area contributed by atoms with E-state index in [1.165, 1.54) is 6.92 Å². The van der Waals surface area contributed by atoms with Gasteiger partial charge in [0.25, 0.3) is 0 Å². The second-order valence-corrected chi connectivity index (χ2v) is 7.09. The molecule has 25 heavy (non-hydrogen) atoms. The molecule has 1 aromatic rings. The van der Waals surface area contributed by atoms with E-state index in [2.05, 4.69) is 19.2 Å². The highest BCUT2D eigenvalue weighted by molar-refractivity contribution is 5.85. The predicted molar refractivity (Wildman–Crippen MR) is 104 cm³/mol. The summed E-state index contributed by atoms with van der Waals surface area (Å²) < 4.78 is 0. The normalized spacial score (nSPS) is 12.9. The van der Waals surface area contributed by atoms with Crippen LogP contribution in [0.2, 0.25) is 0 Å². The van der Waals surface area contributed by atoms with Crippen LogP contribution in [-0.4, -0.2) is 35.3 Å². The van der Waals surface area contributed by atoms with E-state index in [4.69, 9.17) is 5.73 Å². The molecule has 0 aliphatic carbocycles. The molecule has 0 aromatic heterocycles. The number of benzene rings is 1. The number of nitrogens with one attached hydrogen (secondary N) is 1. The number of hydrogen-bond acceptors (Lipinski definition) is 3. The molecule has 0 bridgehead atoms. The van der Waals surface area contributed by atoms with Crippen molar-refractivity contribution in [3.05, 3.63) is 35.9 Å². The van der Waals surface area contributed by atoms with Crippen molar-refractivity contribution in [2.45, 2.75) is 52.6 Å². The van der Waals surface area contributed by atoms with Gasteiger partial charge in [-0.2, -0.15) is 0 Å². The first-order chi connectivity index (χ1) is 11.3. The van der Waals surface area contributed by atoms with Crippen LogP contribution >= 0.6 is 12.4 Å². The lowest BCUT2D eigenvalue weighted by Gasteiger charge is -2.31. The molecule has 0 saturated carbocycles. The summed E-state index contributed by atoms with van der Waals surface area (Å²) in [6, 6.07) is 9.78. The molecule has 0 fully saturated rings. The Morgan fingerprint density at radius 2 is 1.84 bits per heavy atom. The fraction of sp³-hybridized carbons (Fsp3) is 0.579. The van der Waals surface area contributed by atoms with Crippen molar-refractivity contribution in [2.24, 2.45) is 11.7 Å². The van der Waals surface area contributed by atoms with E-state index in [0.29, 0.717) is 25.6 Å². The van der Waals surface area contributed by atoms with Crippen LogP contribution in [0.5, 0.6) is 0 Å². The SMILES string of the molecule is CC(=O)N(CCC(=O)NC(C)(CN)CC(C)C)Cc1ccccc1.Cl. The molecule has 0 spiro atoms. The minimum absolute atomic E-state index is 0. The third kappa shape index (κ3) is 8.89. The lowest BCUT2D eigenvalue weighted by Crippen LogP contribution is -2.52. The van der Waals surface area contributed by atoms with Gasteiger partial charge in [0, 0.05) is 38.5 Å². The first-order valence-electron chi connectivity index (χ1n) is 8.56. The van der Waals surface area contributed by atoms with Crippen molar-refractivity contribution in [1.29, 1.82) is 0 Å². The van der Waals surface area contributed by atoms with Crippen LogP contribution in [0.1, 0.15) is 46.1 Å². The molecule has 0 aliphatic rings. The number of nitrogens with zero attached hydrogens (tertiary/aromatic N) is 1. The smallest absolute Gasteiger partial charge is 0.222 e. The van der Waals surface area contributed by atoms with E-state index in [1.54, 1.807) is 4.90 Å². The minimum Gasteiger partial charge on any atom is -0.350 e. The molecule has 6 heteroatoms. The van der Waals surface area contributed by atoms with Gasteiger partial charge in [0.1, 0.15) is 0 Å². The van der Waals surface area contributed by atoms with Gasteiger partial charge in [-0.3, -0.25) is 9.59 Å². The zero-order valence-electron chi connectivity index (χ0n) is 15.7. The van der Waals surface area contributed by atoms with Gasteiger partial charge in [0.2, 0.25) is 11.8 Å². The number of amides is 2. The number of hydrogen-bond donors (Lipinski definition) is 2. The first-order valence-corrected chi connectivity index (χ1v) is 8.56. The Hall–Kier alpha value is -1.59. The summed E-state index contributed by atoms with van der Waals surface area (Å²) in [5.74, 6) is 0.351. The summed E-state index contributed by atoms with van der Waals surface area (Å²) in [6.45, 7) is 9.04. The quantitative estimate of drug-likeness (QED) is 0.702. The Morgan fingerprint density at radius 3 is 2.32 bits per heavy atom. The molecule has 3 N–H and O–H groups in total. The highest BCUT2D eigenvalue weighted by Crippen LogP contribution is 2.15. The summed E-state index contributed by atoms with van der Waals surface area (Å²) in [4.78, 5) is 25.8. The molecular formula is C19H32ClN3O2. The number of carbonyl (C=O) groups is 2. The van der Waals surface area contributed by atoms with Crippen molar-refractivity contribution in [1.82, 2.24) is 10.2 Å². The molecule has 2 amide bonds. The van der Waals surface area contributed by atoms with Gasteiger partial charge in [-0.05, 0) is 24.8 Å². The lowest BCUT2D eigenvalue weighted by atomic mass is 9.90. The van der Waals surface area contributed by atoms with Crippen LogP contribution in [0, 0.1) is 5.92 Å². The van der Waals surface area contributed by atoms with Crippen molar-refractivity contribution in [3.63, 3.8) is 0 Å². The van der Waals surface area contributed by atoms with E-state index in [1.807, 2.05) is 37.3 Å². The van der Waals surface area contributed by atoms with Crippen LogP contribution in [0.25, 0.3) is 0 Å². The average molecular weight is 370 g/mol. The molecule has 5 nitrogen and oxygen atoms in total. The highest BCUT2D eigenvalue weighted by Gasteiger charge is 2.26. The van der Waals surface area contributed by atoms with E-state index in [0.717, 1.165) is 12.0 Å². The van der Waals surface area contributed by atoms with E-state index >= 15 is 0 Å². The molecule has 0 heterocycles. The molecule has 0 radical (unpaired) electrons. The van der Waals surface area contributed by atoms with Crippen LogP contribution in [-0.2, 0) is 16.1 Å². The van der Waals surface area contributed by atoms with Crippen molar-refractivity contribution in [3.8, 4) is 0 Å². The maximum Gasteiger partial charge on any atom is 0.222 e. The molecular weight excluding hydrogens is 338 g/mol. The Balaban J connectivity index is 0.00000576. The zero-order valence-corrected chi connectivity index (χ0v) is 16.6. The Bertz CT molecular complexity index is 537. The van der Waals surface area contributed by atoms with Gasteiger partial charge < -0.3 is 16.0 Å². The summed E-state index contributed by atoms with van der Waals surface area (Å²) in [5.41, 5.74) is 6.49. The monoisotopic (exact) mass is 369 g/mol. The van der Waals surface area contributed by atoms with Gasteiger partial charge in [0.15, 0.2) is 0 Å². The van der Waals surface area contributed by atoms with Crippen molar-refractivity contribution < 1.29 is 9.59 Å². The molecule has 1 aromatic carbocycles. The maximum absolute atomic E-state index is 12.3. The Morgan fingerprint density at radius 1 is 1.24 bits per heavy atom. The van der Waals surface area contributed by atoms with E-state index < -0.39 is 5.54 Å². The lowest BCUT2D eigenvalue weighted by molar-refractivity contribution is -0.130. The molecule has 1 atom stereocenters. The predicted octanol–water partition coefficient (Wildman–Crippen LogP) is 2.73. The van der Waals surface area contributed by atoms with Gasteiger partial charge in [-0.15, -0.1) is 12.4 Å². The summed E-state index contributed by atoms with van der Waals surface area (Å²) in [6.07, 6.45) is 1.11. The summed E-state index contributed by atoms with van der Waals surface area (Å²) in [5, 5.41) is 3.03.